The average Bonchev–Trinajstić information content (AvgIpc) is 2.85. The molecule has 0 spiro atoms. The molecular formula is C24H27N5O4. The van der Waals surface area contributed by atoms with Crippen LogP contribution < -0.4 is 25.7 Å². The van der Waals surface area contributed by atoms with Crippen LogP contribution in [0, 0.1) is 0 Å². The van der Waals surface area contributed by atoms with Crippen molar-refractivity contribution in [3.8, 4) is 28.5 Å². The van der Waals surface area contributed by atoms with Crippen molar-refractivity contribution in [1.82, 2.24) is 15.0 Å². The van der Waals surface area contributed by atoms with Gasteiger partial charge in [0.1, 0.15) is 24.8 Å². The first kappa shape index (κ1) is 22.5. The molecule has 5 N–H and O–H groups in total. The molecule has 4 aromatic rings. The Bertz CT molecular complexity index is 1280. The number of aliphatic hydroxyl groups excluding tert-OH is 1. The molecule has 3 heterocycles. The summed E-state index contributed by atoms with van der Waals surface area (Å²) in [7, 11) is 1.56. The second-order valence-electron chi connectivity index (χ2n) is 7.59. The van der Waals surface area contributed by atoms with E-state index in [2.05, 4.69) is 15.0 Å². The van der Waals surface area contributed by atoms with Crippen LogP contribution in [0.1, 0.15) is 13.3 Å². The maximum absolute atomic E-state index is 9.09. The highest BCUT2D eigenvalue weighted by molar-refractivity contribution is 6.10. The van der Waals surface area contributed by atoms with Crippen LogP contribution in [0.2, 0.25) is 0 Å². The lowest BCUT2D eigenvalue weighted by atomic mass is 10.0. The quantitative estimate of drug-likeness (QED) is 0.329. The van der Waals surface area contributed by atoms with E-state index in [9.17, 15) is 0 Å². The van der Waals surface area contributed by atoms with Gasteiger partial charge in [-0.25, -0.2) is 4.98 Å². The van der Waals surface area contributed by atoms with Gasteiger partial charge >= 0.3 is 0 Å². The lowest BCUT2D eigenvalue weighted by Gasteiger charge is -2.14. The number of aromatic nitrogens is 3. The monoisotopic (exact) mass is 449 g/mol. The van der Waals surface area contributed by atoms with E-state index in [1.54, 1.807) is 31.8 Å². The van der Waals surface area contributed by atoms with Crippen molar-refractivity contribution in [2.24, 2.45) is 5.73 Å². The van der Waals surface area contributed by atoms with E-state index in [1.165, 1.54) is 0 Å². The normalized spacial score (nSPS) is 12.1. The molecular weight excluding hydrogens is 422 g/mol. The Morgan fingerprint density at radius 3 is 2.61 bits per heavy atom. The van der Waals surface area contributed by atoms with Gasteiger partial charge < -0.3 is 30.8 Å². The van der Waals surface area contributed by atoms with Crippen molar-refractivity contribution in [1.29, 1.82) is 0 Å². The molecule has 0 amide bonds. The molecule has 3 aromatic heterocycles. The molecule has 33 heavy (non-hydrogen) atoms. The highest BCUT2D eigenvalue weighted by Crippen LogP contribution is 2.37. The standard InChI is InChI=1S/C24H27N5O4/c1-3-15(25)13-33-16-6-14(10-27-11-16)20-7-17-18-8-22(31-2)23(32-5-4-30)9-21(18)28-12-19(17)24(26)29-20/h6-12,15,30H,3-5,13,25H2,1-2H3,(H2,26,29)/t15-/m0/s1. The highest BCUT2D eigenvalue weighted by Gasteiger charge is 2.14. The van der Waals surface area contributed by atoms with Gasteiger partial charge in [0.05, 0.1) is 31.1 Å². The summed E-state index contributed by atoms with van der Waals surface area (Å²) in [6, 6.07) is 7.41. The number of hydrogen-bond acceptors (Lipinski definition) is 9. The Balaban J connectivity index is 1.80. The van der Waals surface area contributed by atoms with E-state index in [-0.39, 0.29) is 19.3 Å². The lowest BCUT2D eigenvalue weighted by Crippen LogP contribution is -2.26. The largest absolute Gasteiger partial charge is 0.493 e. The fraction of sp³-hybridized carbons (Fsp3) is 0.292. The Hall–Kier alpha value is -3.69. The van der Waals surface area contributed by atoms with Crippen LogP contribution in [0.4, 0.5) is 5.82 Å². The predicted octanol–water partition coefficient (Wildman–Crippen LogP) is 2.92. The molecule has 0 bridgehead atoms. The molecule has 1 atom stereocenters. The van der Waals surface area contributed by atoms with Crippen LogP contribution in [-0.2, 0) is 0 Å². The average molecular weight is 450 g/mol. The second-order valence-corrected chi connectivity index (χ2v) is 7.59. The van der Waals surface area contributed by atoms with Crippen LogP contribution in [0.5, 0.6) is 17.2 Å². The number of pyridine rings is 3. The Morgan fingerprint density at radius 2 is 1.85 bits per heavy atom. The van der Waals surface area contributed by atoms with E-state index >= 15 is 0 Å². The zero-order chi connectivity index (χ0) is 23.4. The maximum atomic E-state index is 9.09. The van der Waals surface area contributed by atoms with Crippen molar-refractivity contribution in [3.63, 3.8) is 0 Å². The van der Waals surface area contributed by atoms with E-state index in [0.29, 0.717) is 40.9 Å². The van der Waals surface area contributed by atoms with E-state index in [1.807, 2.05) is 25.1 Å². The fourth-order valence-corrected chi connectivity index (χ4v) is 3.47. The van der Waals surface area contributed by atoms with Gasteiger partial charge in [0, 0.05) is 40.8 Å². The summed E-state index contributed by atoms with van der Waals surface area (Å²) < 4.78 is 16.9. The van der Waals surface area contributed by atoms with Crippen LogP contribution >= 0.6 is 0 Å². The van der Waals surface area contributed by atoms with Crippen LogP contribution in [0.15, 0.2) is 42.9 Å². The summed E-state index contributed by atoms with van der Waals surface area (Å²) in [5.41, 5.74) is 14.4. The minimum Gasteiger partial charge on any atom is -0.493 e. The van der Waals surface area contributed by atoms with Crippen LogP contribution in [0.25, 0.3) is 32.9 Å². The van der Waals surface area contributed by atoms with Crippen molar-refractivity contribution < 1.29 is 19.3 Å². The number of nitrogens with zero attached hydrogens (tertiary/aromatic N) is 3. The Kier molecular flexibility index (Phi) is 6.71. The number of nitrogens with two attached hydrogens (primary N) is 2. The van der Waals surface area contributed by atoms with Crippen molar-refractivity contribution in [3.05, 3.63) is 42.9 Å². The summed E-state index contributed by atoms with van der Waals surface area (Å²) >= 11 is 0. The predicted molar refractivity (Wildman–Crippen MR) is 128 cm³/mol. The SMILES string of the molecule is CC[C@H](N)COc1cncc(-c2cc3c(cnc4cc(OCCO)c(OC)cc43)c(N)n2)c1. The van der Waals surface area contributed by atoms with Gasteiger partial charge in [-0.05, 0) is 30.0 Å². The molecule has 9 nitrogen and oxygen atoms in total. The summed E-state index contributed by atoms with van der Waals surface area (Å²) in [5, 5.41) is 11.5. The number of benzene rings is 1. The topological polar surface area (TPSA) is 139 Å². The first-order valence-corrected chi connectivity index (χ1v) is 10.7. The molecule has 172 valence electrons. The van der Waals surface area contributed by atoms with Crippen LogP contribution in [0.3, 0.4) is 0 Å². The number of ether oxygens (including phenoxy) is 3. The van der Waals surface area contributed by atoms with Crippen LogP contribution in [-0.4, -0.2) is 53.0 Å². The minimum absolute atomic E-state index is 0.0387. The van der Waals surface area contributed by atoms with Gasteiger partial charge in [-0.1, -0.05) is 6.92 Å². The smallest absolute Gasteiger partial charge is 0.163 e. The number of hydrogen-bond donors (Lipinski definition) is 3. The first-order valence-electron chi connectivity index (χ1n) is 10.7. The van der Waals surface area contributed by atoms with E-state index in [0.717, 1.165) is 28.1 Å². The Morgan fingerprint density at radius 1 is 1.00 bits per heavy atom. The van der Waals surface area contributed by atoms with E-state index < -0.39 is 0 Å². The third-order valence-electron chi connectivity index (χ3n) is 5.34. The molecule has 0 aliphatic rings. The summed E-state index contributed by atoms with van der Waals surface area (Å²) in [6.45, 7) is 2.48. The van der Waals surface area contributed by atoms with Crippen molar-refractivity contribution in [2.75, 3.05) is 32.7 Å². The highest BCUT2D eigenvalue weighted by atomic mass is 16.5. The molecule has 4 rings (SSSR count). The van der Waals surface area contributed by atoms with Gasteiger partial charge in [-0.15, -0.1) is 0 Å². The maximum Gasteiger partial charge on any atom is 0.163 e. The van der Waals surface area contributed by atoms with Gasteiger partial charge in [-0.2, -0.15) is 0 Å². The van der Waals surface area contributed by atoms with Gasteiger partial charge in [-0.3, -0.25) is 9.97 Å². The third-order valence-corrected chi connectivity index (χ3v) is 5.34. The number of methoxy groups -OCH3 is 1. The zero-order valence-corrected chi connectivity index (χ0v) is 18.6. The molecule has 0 aliphatic carbocycles. The van der Waals surface area contributed by atoms with Gasteiger partial charge in [0.15, 0.2) is 11.5 Å². The number of aliphatic hydroxyl groups is 1. The number of anilines is 1. The summed E-state index contributed by atoms with van der Waals surface area (Å²) in [6.07, 6.45) is 5.88. The molecule has 1 aromatic carbocycles. The minimum atomic E-state index is -0.0981. The number of fused-ring (bicyclic) bond motifs is 3. The van der Waals surface area contributed by atoms with Gasteiger partial charge in [0.25, 0.3) is 0 Å². The molecule has 0 radical (unpaired) electrons. The fourth-order valence-electron chi connectivity index (χ4n) is 3.47. The molecule has 0 saturated heterocycles. The van der Waals surface area contributed by atoms with Gasteiger partial charge in [0.2, 0.25) is 0 Å². The number of rotatable bonds is 9. The summed E-state index contributed by atoms with van der Waals surface area (Å²) in [4.78, 5) is 13.4. The summed E-state index contributed by atoms with van der Waals surface area (Å²) in [5.74, 6) is 2.01. The molecule has 0 aliphatic heterocycles. The zero-order valence-electron chi connectivity index (χ0n) is 18.6. The lowest BCUT2D eigenvalue weighted by molar-refractivity contribution is 0.196. The Labute approximate surface area is 191 Å². The first-order chi connectivity index (χ1) is 16.0. The second kappa shape index (κ2) is 9.85. The molecule has 9 heteroatoms. The van der Waals surface area contributed by atoms with E-state index in [4.69, 9.17) is 30.8 Å². The van der Waals surface area contributed by atoms with Crippen molar-refractivity contribution >= 4 is 27.5 Å². The third kappa shape index (κ3) is 4.74. The molecule has 0 saturated carbocycles. The number of nitrogen functional groups attached to an aromatic ring is 1. The molecule has 0 fully saturated rings. The molecule has 0 unspecified atom stereocenters. The van der Waals surface area contributed by atoms with Crippen molar-refractivity contribution in [2.45, 2.75) is 19.4 Å².